The van der Waals surface area contributed by atoms with Crippen molar-refractivity contribution in [2.45, 2.75) is 38.6 Å². The predicted molar refractivity (Wildman–Crippen MR) is 214 cm³/mol. The first-order valence-electron chi connectivity index (χ1n) is 17.9. The zero-order valence-corrected chi connectivity index (χ0v) is 29.9. The van der Waals surface area contributed by atoms with Crippen LogP contribution in [-0.2, 0) is 10.4 Å². The van der Waals surface area contributed by atoms with Crippen molar-refractivity contribution in [1.29, 1.82) is 0 Å². The number of aryl methyl sites for hydroxylation is 1. The van der Waals surface area contributed by atoms with E-state index in [2.05, 4.69) is 196 Å². The van der Waals surface area contributed by atoms with Gasteiger partial charge < -0.3 is 0 Å². The molecule has 0 unspecified atom stereocenters. The maximum Gasteiger partial charge on any atom is 0.137 e. The summed E-state index contributed by atoms with van der Waals surface area (Å²) in [5.74, 6) is 0.906. The third kappa shape index (κ3) is 5.00. The molecule has 0 saturated carbocycles. The van der Waals surface area contributed by atoms with Gasteiger partial charge in [-0.2, -0.15) is 5.06 Å². The lowest BCUT2D eigenvalue weighted by Crippen LogP contribution is -2.41. The van der Waals surface area contributed by atoms with Crippen molar-refractivity contribution in [2.75, 3.05) is 10.1 Å². The summed E-state index contributed by atoms with van der Waals surface area (Å²) in [7, 11) is 0. The van der Waals surface area contributed by atoms with Gasteiger partial charge in [0.1, 0.15) is 5.82 Å². The highest BCUT2D eigenvalue weighted by Crippen LogP contribution is 2.49. The summed E-state index contributed by atoms with van der Waals surface area (Å²) in [6.45, 7) is 8.63. The molecule has 0 fully saturated rings. The summed E-state index contributed by atoms with van der Waals surface area (Å²) in [5, 5.41) is 6.36. The number of benzene rings is 6. The first kappa shape index (κ1) is 31.8. The van der Waals surface area contributed by atoms with Crippen LogP contribution in [0.4, 0.5) is 17.1 Å². The normalized spacial score (nSPS) is 13.2. The Bertz CT molecular complexity index is 2530. The molecule has 3 heterocycles. The maximum absolute atomic E-state index is 6.69. The average Bonchev–Trinajstić information content (AvgIpc) is 3.73. The number of rotatable bonds is 6. The second-order valence-electron chi connectivity index (χ2n) is 14.6. The summed E-state index contributed by atoms with van der Waals surface area (Å²) in [5.41, 5.74) is 10.1. The van der Waals surface area contributed by atoms with Crippen molar-refractivity contribution < 1.29 is 4.94 Å². The zero-order valence-electron chi connectivity index (χ0n) is 29.9. The lowest BCUT2D eigenvalue weighted by atomic mass is 9.65. The minimum Gasteiger partial charge on any atom is -0.294 e. The number of nitrogens with zero attached hydrogens (tertiary/aromatic N) is 4. The molecule has 6 aromatic carbocycles. The van der Waals surface area contributed by atoms with Crippen molar-refractivity contribution in [3.05, 3.63) is 198 Å². The quantitative estimate of drug-likeness (QED) is 0.164. The van der Waals surface area contributed by atoms with E-state index >= 15 is 0 Å². The van der Waals surface area contributed by atoms with Crippen molar-refractivity contribution in [3.63, 3.8) is 0 Å². The minimum atomic E-state index is -0.684. The van der Waals surface area contributed by atoms with Crippen molar-refractivity contribution in [1.82, 2.24) is 9.55 Å². The fourth-order valence-electron chi connectivity index (χ4n) is 7.98. The molecular weight excluding hydrogens is 637 g/mol. The summed E-state index contributed by atoms with van der Waals surface area (Å²) >= 11 is 0. The molecule has 8 aromatic rings. The SMILES string of the molecule is Cc1ccnc(-n2c3ccccc3c3ccc(C(c4ccccc4)(c4ccccc4)c4cccc(N5ON(C(C)(C)C)c6ccccc65)c4)cc32)c1. The Labute approximate surface area is 304 Å². The number of para-hydroxylation sites is 3. The number of hydrogen-bond donors (Lipinski definition) is 0. The van der Waals surface area contributed by atoms with Crippen LogP contribution in [-0.4, -0.2) is 15.1 Å². The van der Waals surface area contributed by atoms with Gasteiger partial charge in [0.15, 0.2) is 0 Å². The van der Waals surface area contributed by atoms with Crippen LogP contribution in [0.5, 0.6) is 0 Å². The van der Waals surface area contributed by atoms with Crippen molar-refractivity contribution in [2.24, 2.45) is 0 Å². The first-order chi connectivity index (χ1) is 25.3. The number of hydrogen-bond acceptors (Lipinski definition) is 4. The Morgan fingerprint density at radius 3 is 1.85 bits per heavy atom. The van der Waals surface area contributed by atoms with Gasteiger partial charge in [-0.3, -0.25) is 4.57 Å². The van der Waals surface area contributed by atoms with E-state index in [0.29, 0.717) is 0 Å². The molecule has 0 spiro atoms. The molecular formula is C47H40N4O. The van der Waals surface area contributed by atoms with E-state index in [-0.39, 0.29) is 5.54 Å². The molecule has 1 aliphatic rings. The van der Waals surface area contributed by atoms with E-state index < -0.39 is 5.41 Å². The Balaban J connectivity index is 1.34. The summed E-state index contributed by atoms with van der Waals surface area (Å²) in [4.78, 5) is 11.6. The number of anilines is 3. The van der Waals surface area contributed by atoms with Gasteiger partial charge in [-0.15, -0.1) is 4.94 Å². The molecule has 0 aliphatic carbocycles. The molecule has 0 radical (unpaired) electrons. The van der Waals surface area contributed by atoms with Crippen LogP contribution >= 0.6 is 0 Å². The Kier molecular flexibility index (Phi) is 7.49. The number of aromatic nitrogens is 2. The summed E-state index contributed by atoms with van der Waals surface area (Å²) in [6.07, 6.45) is 1.90. The fourth-order valence-corrected chi connectivity index (χ4v) is 7.98. The monoisotopic (exact) mass is 676 g/mol. The Morgan fingerprint density at radius 2 is 1.13 bits per heavy atom. The highest BCUT2D eigenvalue weighted by Gasteiger charge is 2.41. The molecule has 2 aromatic heterocycles. The third-order valence-electron chi connectivity index (χ3n) is 10.3. The van der Waals surface area contributed by atoms with Crippen LogP contribution in [0.25, 0.3) is 27.6 Å². The zero-order chi connectivity index (χ0) is 35.5. The van der Waals surface area contributed by atoms with E-state index in [9.17, 15) is 0 Å². The molecule has 5 heteroatoms. The number of hydroxylamine groups is 1. The van der Waals surface area contributed by atoms with Crippen LogP contribution in [0.15, 0.2) is 170 Å². The van der Waals surface area contributed by atoms with E-state index in [0.717, 1.165) is 45.0 Å². The summed E-state index contributed by atoms with van der Waals surface area (Å²) < 4.78 is 2.31. The number of fused-ring (bicyclic) bond motifs is 4. The molecule has 5 nitrogen and oxygen atoms in total. The number of pyridine rings is 1. The Hall–Kier alpha value is -6.17. The molecule has 0 N–H and O–H groups in total. The van der Waals surface area contributed by atoms with Crippen LogP contribution < -0.4 is 10.1 Å². The molecule has 1 aliphatic heterocycles. The topological polar surface area (TPSA) is 33.5 Å². The largest absolute Gasteiger partial charge is 0.294 e. The molecule has 254 valence electrons. The van der Waals surface area contributed by atoms with Crippen molar-refractivity contribution >= 4 is 38.9 Å². The highest BCUT2D eigenvalue weighted by molar-refractivity contribution is 6.09. The lowest BCUT2D eigenvalue weighted by molar-refractivity contribution is 0.0842. The average molecular weight is 677 g/mol. The molecule has 52 heavy (non-hydrogen) atoms. The maximum atomic E-state index is 6.69. The van der Waals surface area contributed by atoms with Gasteiger partial charge in [-0.25, -0.2) is 10.0 Å². The van der Waals surface area contributed by atoms with Crippen LogP contribution in [0.1, 0.15) is 48.6 Å². The first-order valence-corrected chi connectivity index (χ1v) is 17.9. The standard InChI is InChI=1S/C47H40N4O/c1-33-28-29-48-45(30-33)49-41-23-12-11-22-39(41)40-27-26-37(32-44(40)49)47(34-16-7-5-8-17-34,35-18-9-6-10-19-35)36-20-15-21-38(31-36)50-42-24-13-14-25-43(42)51(52-50)46(2,3)4/h5-32H,1-4H3. The van der Waals surface area contributed by atoms with Gasteiger partial charge in [-0.1, -0.05) is 115 Å². The van der Waals surface area contributed by atoms with Gasteiger partial charge in [0, 0.05) is 17.0 Å². The van der Waals surface area contributed by atoms with Crippen LogP contribution in [0.2, 0.25) is 0 Å². The molecule has 0 amide bonds. The van der Waals surface area contributed by atoms with Gasteiger partial charge in [0.05, 0.1) is 39.0 Å². The molecule has 0 bridgehead atoms. The molecule has 9 rings (SSSR count). The van der Waals surface area contributed by atoms with E-state index in [1.807, 2.05) is 16.3 Å². The smallest absolute Gasteiger partial charge is 0.137 e. The predicted octanol–water partition coefficient (Wildman–Crippen LogP) is 11.5. The van der Waals surface area contributed by atoms with Crippen molar-refractivity contribution in [3.8, 4) is 5.82 Å². The van der Waals surface area contributed by atoms with Crippen LogP contribution in [0.3, 0.4) is 0 Å². The second-order valence-corrected chi connectivity index (χ2v) is 14.6. The second kappa shape index (κ2) is 12.3. The van der Waals surface area contributed by atoms with Gasteiger partial charge in [0.2, 0.25) is 0 Å². The minimum absolute atomic E-state index is 0.250. The summed E-state index contributed by atoms with van der Waals surface area (Å²) in [6, 6.07) is 58.9. The van der Waals surface area contributed by atoms with Gasteiger partial charge in [0.25, 0.3) is 0 Å². The highest BCUT2D eigenvalue weighted by atomic mass is 16.8. The fraction of sp³-hybridized carbons (Fsp3) is 0.128. The van der Waals surface area contributed by atoms with Gasteiger partial charge in [-0.05, 0) is 104 Å². The third-order valence-corrected chi connectivity index (χ3v) is 10.3. The van der Waals surface area contributed by atoms with E-state index in [1.54, 1.807) is 0 Å². The molecule has 0 atom stereocenters. The van der Waals surface area contributed by atoms with Gasteiger partial charge >= 0.3 is 0 Å². The Morgan fingerprint density at radius 1 is 0.519 bits per heavy atom. The lowest BCUT2D eigenvalue weighted by Gasteiger charge is -2.37. The van der Waals surface area contributed by atoms with E-state index in [4.69, 9.17) is 9.92 Å². The molecule has 0 saturated heterocycles. The van der Waals surface area contributed by atoms with Crippen LogP contribution in [0, 0.1) is 6.92 Å². The van der Waals surface area contributed by atoms with E-state index in [1.165, 1.54) is 27.5 Å².